The van der Waals surface area contributed by atoms with Gasteiger partial charge in [0.15, 0.2) is 0 Å². The standard InChI is InChI=1S/C12H22N2O4/c1-2-7-14(8-12(16)17)11(15)9-18-10-3-5-13-6-4-10/h10,13H,2-9H2,1H3,(H,16,17). The van der Waals surface area contributed by atoms with Crippen molar-refractivity contribution in [2.24, 2.45) is 0 Å². The topological polar surface area (TPSA) is 78.9 Å². The van der Waals surface area contributed by atoms with E-state index in [1.54, 1.807) is 0 Å². The molecule has 1 amide bonds. The summed E-state index contributed by atoms with van der Waals surface area (Å²) < 4.78 is 5.53. The summed E-state index contributed by atoms with van der Waals surface area (Å²) in [6.07, 6.45) is 2.66. The lowest BCUT2D eigenvalue weighted by Crippen LogP contribution is -2.40. The Kier molecular flexibility index (Phi) is 6.67. The monoisotopic (exact) mass is 258 g/mol. The molecule has 18 heavy (non-hydrogen) atoms. The van der Waals surface area contributed by atoms with Gasteiger partial charge in [0.25, 0.3) is 0 Å². The molecule has 1 rings (SSSR count). The highest BCUT2D eigenvalue weighted by Crippen LogP contribution is 2.07. The second-order valence-corrected chi connectivity index (χ2v) is 4.47. The fraction of sp³-hybridized carbons (Fsp3) is 0.833. The van der Waals surface area contributed by atoms with E-state index in [4.69, 9.17) is 9.84 Å². The molecule has 0 bridgehead atoms. The van der Waals surface area contributed by atoms with Crippen molar-refractivity contribution in [2.45, 2.75) is 32.3 Å². The molecule has 0 radical (unpaired) electrons. The Morgan fingerprint density at radius 1 is 1.39 bits per heavy atom. The number of carbonyl (C=O) groups excluding carboxylic acids is 1. The summed E-state index contributed by atoms with van der Waals surface area (Å²) in [5.74, 6) is -1.23. The number of nitrogens with one attached hydrogen (secondary N) is 1. The fourth-order valence-corrected chi connectivity index (χ4v) is 1.97. The van der Waals surface area contributed by atoms with Crippen LogP contribution in [0.4, 0.5) is 0 Å². The van der Waals surface area contributed by atoms with Gasteiger partial charge in [0, 0.05) is 6.54 Å². The van der Waals surface area contributed by atoms with Crippen LogP contribution in [0.5, 0.6) is 0 Å². The minimum absolute atomic E-state index is 0.0159. The number of nitrogens with zero attached hydrogens (tertiary/aromatic N) is 1. The van der Waals surface area contributed by atoms with E-state index in [1.807, 2.05) is 6.92 Å². The van der Waals surface area contributed by atoms with Crippen LogP contribution in [0, 0.1) is 0 Å². The van der Waals surface area contributed by atoms with Gasteiger partial charge in [0.05, 0.1) is 6.10 Å². The minimum Gasteiger partial charge on any atom is -0.480 e. The van der Waals surface area contributed by atoms with Crippen LogP contribution in [0.25, 0.3) is 0 Å². The zero-order valence-electron chi connectivity index (χ0n) is 10.9. The maximum absolute atomic E-state index is 11.8. The molecular formula is C12H22N2O4. The van der Waals surface area contributed by atoms with Gasteiger partial charge in [-0.05, 0) is 32.4 Å². The first-order chi connectivity index (χ1) is 8.63. The lowest BCUT2D eigenvalue weighted by molar-refractivity contribution is -0.147. The molecule has 104 valence electrons. The number of carbonyl (C=O) groups is 2. The molecule has 0 aliphatic carbocycles. The quantitative estimate of drug-likeness (QED) is 0.676. The molecule has 0 aromatic heterocycles. The van der Waals surface area contributed by atoms with Crippen LogP contribution in [0.1, 0.15) is 26.2 Å². The van der Waals surface area contributed by atoms with Crippen molar-refractivity contribution in [3.05, 3.63) is 0 Å². The molecule has 1 saturated heterocycles. The summed E-state index contributed by atoms with van der Waals surface area (Å²) in [5, 5.41) is 12.0. The third kappa shape index (κ3) is 5.46. The first kappa shape index (κ1) is 14.9. The molecule has 0 saturated carbocycles. The average Bonchev–Trinajstić information content (AvgIpc) is 2.36. The smallest absolute Gasteiger partial charge is 0.323 e. The van der Waals surface area contributed by atoms with Gasteiger partial charge in [-0.1, -0.05) is 6.92 Å². The summed E-state index contributed by atoms with van der Waals surface area (Å²) in [7, 11) is 0. The number of hydrogen-bond acceptors (Lipinski definition) is 4. The Labute approximate surface area is 107 Å². The van der Waals surface area contributed by atoms with Crippen molar-refractivity contribution in [3.63, 3.8) is 0 Å². The highest BCUT2D eigenvalue weighted by molar-refractivity contribution is 5.82. The van der Waals surface area contributed by atoms with E-state index in [9.17, 15) is 9.59 Å². The zero-order valence-corrected chi connectivity index (χ0v) is 10.9. The van der Waals surface area contributed by atoms with Gasteiger partial charge >= 0.3 is 5.97 Å². The van der Waals surface area contributed by atoms with Crippen LogP contribution in [0.3, 0.4) is 0 Å². The third-order valence-corrected chi connectivity index (χ3v) is 2.90. The maximum atomic E-state index is 11.8. The van der Waals surface area contributed by atoms with E-state index in [1.165, 1.54) is 4.90 Å². The van der Waals surface area contributed by atoms with Gasteiger partial charge in [0.1, 0.15) is 13.2 Å². The van der Waals surface area contributed by atoms with E-state index in [0.717, 1.165) is 32.4 Å². The molecule has 2 N–H and O–H groups in total. The minimum atomic E-state index is -0.987. The van der Waals surface area contributed by atoms with E-state index in [0.29, 0.717) is 6.54 Å². The van der Waals surface area contributed by atoms with E-state index in [-0.39, 0.29) is 25.2 Å². The number of carboxylic acids is 1. The van der Waals surface area contributed by atoms with Gasteiger partial charge in [0.2, 0.25) is 5.91 Å². The third-order valence-electron chi connectivity index (χ3n) is 2.90. The van der Waals surface area contributed by atoms with E-state index >= 15 is 0 Å². The molecule has 1 heterocycles. The number of rotatable bonds is 7. The van der Waals surface area contributed by atoms with Crippen molar-refractivity contribution in [3.8, 4) is 0 Å². The Morgan fingerprint density at radius 3 is 2.61 bits per heavy atom. The summed E-state index contributed by atoms with van der Waals surface area (Å²) >= 11 is 0. The predicted octanol–water partition coefficient (Wildman–Crippen LogP) is 0.0782. The molecule has 6 heteroatoms. The second-order valence-electron chi connectivity index (χ2n) is 4.47. The summed E-state index contributed by atoms with van der Waals surface area (Å²) in [6.45, 7) is 3.93. The van der Waals surface area contributed by atoms with Gasteiger partial charge < -0.3 is 20.1 Å². The second kappa shape index (κ2) is 8.05. The number of carboxylic acid groups (broad SMARTS) is 1. The number of piperidine rings is 1. The highest BCUT2D eigenvalue weighted by Gasteiger charge is 2.19. The van der Waals surface area contributed by atoms with Crippen LogP contribution >= 0.6 is 0 Å². The zero-order chi connectivity index (χ0) is 13.4. The number of aliphatic carboxylic acids is 1. The lowest BCUT2D eigenvalue weighted by Gasteiger charge is -2.25. The van der Waals surface area contributed by atoms with Crippen LogP contribution in [0.2, 0.25) is 0 Å². The van der Waals surface area contributed by atoms with Gasteiger partial charge in [-0.25, -0.2) is 0 Å². The number of hydrogen-bond donors (Lipinski definition) is 2. The molecule has 0 spiro atoms. The van der Waals surface area contributed by atoms with Crippen LogP contribution in [0.15, 0.2) is 0 Å². The number of amides is 1. The Balaban J connectivity index is 2.32. The van der Waals surface area contributed by atoms with Crippen molar-refractivity contribution in [2.75, 3.05) is 32.8 Å². The van der Waals surface area contributed by atoms with Gasteiger partial charge in [-0.2, -0.15) is 0 Å². The number of ether oxygens (including phenoxy) is 1. The van der Waals surface area contributed by atoms with Gasteiger partial charge in [-0.15, -0.1) is 0 Å². The molecule has 6 nitrogen and oxygen atoms in total. The molecule has 1 aliphatic rings. The molecule has 1 fully saturated rings. The Morgan fingerprint density at radius 2 is 2.06 bits per heavy atom. The predicted molar refractivity (Wildman–Crippen MR) is 66.4 cm³/mol. The Hall–Kier alpha value is -1.14. The Bertz CT molecular complexity index is 277. The summed E-state index contributed by atoms with van der Waals surface area (Å²) in [5.41, 5.74) is 0. The largest absolute Gasteiger partial charge is 0.480 e. The first-order valence-corrected chi connectivity index (χ1v) is 6.45. The summed E-state index contributed by atoms with van der Waals surface area (Å²) in [4.78, 5) is 23.8. The van der Waals surface area contributed by atoms with Crippen molar-refractivity contribution < 1.29 is 19.4 Å². The average molecular weight is 258 g/mol. The van der Waals surface area contributed by atoms with Crippen LogP contribution < -0.4 is 5.32 Å². The fourth-order valence-electron chi connectivity index (χ4n) is 1.97. The van der Waals surface area contributed by atoms with Crippen molar-refractivity contribution >= 4 is 11.9 Å². The van der Waals surface area contributed by atoms with Crippen LogP contribution in [-0.4, -0.2) is 60.8 Å². The van der Waals surface area contributed by atoms with E-state index in [2.05, 4.69) is 5.32 Å². The molecule has 0 unspecified atom stereocenters. The van der Waals surface area contributed by atoms with Crippen LogP contribution in [-0.2, 0) is 14.3 Å². The molecule has 0 aromatic carbocycles. The van der Waals surface area contributed by atoms with E-state index < -0.39 is 5.97 Å². The summed E-state index contributed by atoms with van der Waals surface area (Å²) in [6, 6.07) is 0. The maximum Gasteiger partial charge on any atom is 0.323 e. The molecule has 1 aliphatic heterocycles. The SMILES string of the molecule is CCCN(CC(=O)O)C(=O)COC1CCNCC1. The molecular weight excluding hydrogens is 236 g/mol. The lowest BCUT2D eigenvalue weighted by atomic mass is 10.1. The van der Waals surface area contributed by atoms with Crippen molar-refractivity contribution in [1.82, 2.24) is 10.2 Å². The molecule has 0 atom stereocenters. The highest BCUT2D eigenvalue weighted by atomic mass is 16.5. The normalized spacial score (nSPS) is 16.5. The first-order valence-electron chi connectivity index (χ1n) is 6.45. The van der Waals surface area contributed by atoms with Crippen molar-refractivity contribution in [1.29, 1.82) is 0 Å². The molecule has 0 aromatic rings. The van der Waals surface area contributed by atoms with Gasteiger partial charge in [-0.3, -0.25) is 9.59 Å².